The molecule has 4 heterocycles. The molecule has 0 aliphatic rings. The first-order chi connectivity index (χ1) is 15.4. The first-order valence-corrected chi connectivity index (χ1v) is 9.85. The lowest BCUT2D eigenvalue weighted by atomic mass is 10.1. The summed E-state index contributed by atoms with van der Waals surface area (Å²) in [7, 11) is 0. The molecule has 0 saturated carbocycles. The van der Waals surface area contributed by atoms with Crippen LogP contribution in [0.3, 0.4) is 0 Å². The van der Waals surface area contributed by atoms with Crippen molar-refractivity contribution >= 4 is 11.2 Å². The number of fused-ring (bicyclic) bond motifs is 1. The van der Waals surface area contributed by atoms with Crippen molar-refractivity contribution < 1.29 is 8.78 Å². The number of benzene rings is 1. The zero-order valence-electron chi connectivity index (χ0n) is 17.5. The second kappa shape index (κ2) is 7.52. The molecule has 0 spiro atoms. The second-order valence-electron chi connectivity index (χ2n) is 7.42. The van der Waals surface area contributed by atoms with Gasteiger partial charge in [-0.05, 0) is 45.0 Å². The van der Waals surface area contributed by atoms with Crippen LogP contribution in [0.25, 0.3) is 39.5 Å². The van der Waals surface area contributed by atoms with Crippen molar-refractivity contribution in [1.29, 1.82) is 0 Å². The summed E-state index contributed by atoms with van der Waals surface area (Å²) in [5.41, 5.74) is 4.72. The predicted molar refractivity (Wildman–Crippen MR) is 115 cm³/mol. The van der Waals surface area contributed by atoms with Crippen molar-refractivity contribution in [2.75, 3.05) is 0 Å². The van der Waals surface area contributed by atoms with Crippen molar-refractivity contribution in [2.45, 2.75) is 20.8 Å². The molecule has 0 radical (unpaired) electrons. The fourth-order valence-corrected chi connectivity index (χ4v) is 3.36. The first-order valence-electron chi connectivity index (χ1n) is 9.85. The van der Waals surface area contributed by atoms with Gasteiger partial charge in [0.05, 0.1) is 28.8 Å². The van der Waals surface area contributed by atoms with E-state index in [1.165, 1.54) is 12.1 Å². The van der Waals surface area contributed by atoms with E-state index in [2.05, 4.69) is 30.0 Å². The molecule has 7 nitrogen and oxygen atoms in total. The molecule has 5 rings (SSSR count). The predicted octanol–water partition coefficient (Wildman–Crippen LogP) is 4.54. The first kappa shape index (κ1) is 19.8. The summed E-state index contributed by atoms with van der Waals surface area (Å²) in [6.45, 7) is 5.53. The van der Waals surface area contributed by atoms with Gasteiger partial charge in [0, 0.05) is 29.7 Å². The molecule has 5 aromatic rings. The Kier molecular flexibility index (Phi) is 4.66. The number of pyridine rings is 1. The normalized spacial score (nSPS) is 11.3. The number of aromatic nitrogens is 7. The maximum absolute atomic E-state index is 14.7. The average Bonchev–Trinajstić information content (AvgIpc) is 3.25. The SMILES string of the molecule is Cc1cc(-n2cc(-c3nc(-c4ccc(F)cc4F)c4nc(C)c(C)nc4n3)cn2)ccn1. The maximum atomic E-state index is 14.7. The van der Waals surface area contributed by atoms with Gasteiger partial charge in [0.1, 0.15) is 22.8 Å². The van der Waals surface area contributed by atoms with Crippen molar-refractivity contribution in [3.05, 3.63) is 77.6 Å². The molecule has 32 heavy (non-hydrogen) atoms. The molecule has 0 bridgehead atoms. The van der Waals surface area contributed by atoms with E-state index in [9.17, 15) is 8.78 Å². The molecule has 0 atom stereocenters. The molecule has 0 aliphatic heterocycles. The number of hydrogen-bond acceptors (Lipinski definition) is 6. The Bertz CT molecular complexity index is 1490. The highest BCUT2D eigenvalue weighted by atomic mass is 19.1. The third-order valence-electron chi connectivity index (χ3n) is 5.11. The molecule has 4 aromatic heterocycles. The average molecular weight is 429 g/mol. The lowest BCUT2D eigenvalue weighted by Gasteiger charge is -2.10. The lowest BCUT2D eigenvalue weighted by Crippen LogP contribution is -2.02. The summed E-state index contributed by atoms with van der Waals surface area (Å²) in [5, 5.41) is 4.40. The highest BCUT2D eigenvalue weighted by molar-refractivity contribution is 5.88. The molecule has 0 amide bonds. The Morgan fingerprint density at radius 1 is 0.875 bits per heavy atom. The van der Waals surface area contributed by atoms with E-state index in [-0.39, 0.29) is 11.3 Å². The van der Waals surface area contributed by atoms with Gasteiger partial charge in [-0.15, -0.1) is 0 Å². The third kappa shape index (κ3) is 3.47. The highest BCUT2D eigenvalue weighted by Crippen LogP contribution is 2.30. The van der Waals surface area contributed by atoms with Crippen LogP contribution in [0.1, 0.15) is 17.1 Å². The van der Waals surface area contributed by atoms with Crippen LogP contribution in [0.4, 0.5) is 8.78 Å². The van der Waals surface area contributed by atoms with Crippen molar-refractivity contribution in [3.8, 4) is 28.3 Å². The molecule has 0 N–H and O–H groups in total. The smallest absolute Gasteiger partial charge is 0.182 e. The summed E-state index contributed by atoms with van der Waals surface area (Å²) in [5.74, 6) is -1.10. The standard InChI is InChI=1S/C23H17F2N7/c1-12-8-17(6-7-26-12)32-11-15(10-27-32)22-30-20(18-5-4-16(24)9-19(18)25)21-23(31-22)29-14(3)13(2)28-21/h4-11H,1-3H3. The topological polar surface area (TPSA) is 82.3 Å². The summed E-state index contributed by atoms with van der Waals surface area (Å²) >= 11 is 0. The Morgan fingerprint density at radius 2 is 1.69 bits per heavy atom. The summed E-state index contributed by atoms with van der Waals surface area (Å²) in [6, 6.07) is 7.08. The Balaban J connectivity index is 1.72. The van der Waals surface area contributed by atoms with Gasteiger partial charge in [0.15, 0.2) is 11.5 Å². The zero-order chi connectivity index (χ0) is 22.4. The van der Waals surface area contributed by atoms with E-state index in [0.717, 1.165) is 17.4 Å². The number of aryl methyl sites for hydroxylation is 3. The molecular formula is C23H17F2N7. The minimum atomic E-state index is -0.737. The van der Waals surface area contributed by atoms with Gasteiger partial charge in [0.2, 0.25) is 0 Å². The molecule has 1 aromatic carbocycles. The van der Waals surface area contributed by atoms with Gasteiger partial charge in [-0.2, -0.15) is 5.10 Å². The van der Waals surface area contributed by atoms with E-state index < -0.39 is 11.6 Å². The molecule has 0 fully saturated rings. The van der Waals surface area contributed by atoms with Crippen LogP contribution in [0.5, 0.6) is 0 Å². The Labute approximate surface area is 181 Å². The van der Waals surface area contributed by atoms with Crippen LogP contribution >= 0.6 is 0 Å². The molecule has 0 saturated heterocycles. The zero-order valence-corrected chi connectivity index (χ0v) is 17.5. The summed E-state index contributed by atoms with van der Waals surface area (Å²) < 4.78 is 29.9. The van der Waals surface area contributed by atoms with Crippen LogP contribution in [0.2, 0.25) is 0 Å². The van der Waals surface area contributed by atoms with Crippen LogP contribution < -0.4 is 0 Å². The van der Waals surface area contributed by atoms with Crippen molar-refractivity contribution in [1.82, 2.24) is 34.7 Å². The van der Waals surface area contributed by atoms with E-state index in [1.807, 2.05) is 26.0 Å². The van der Waals surface area contributed by atoms with Crippen molar-refractivity contribution in [2.24, 2.45) is 0 Å². The lowest BCUT2D eigenvalue weighted by molar-refractivity contribution is 0.585. The third-order valence-corrected chi connectivity index (χ3v) is 5.11. The maximum Gasteiger partial charge on any atom is 0.182 e. The van der Waals surface area contributed by atoms with Crippen LogP contribution in [0, 0.1) is 32.4 Å². The van der Waals surface area contributed by atoms with Crippen molar-refractivity contribution in [3.63, 3.8) is 0 Å². The van der Waals surface area contributed by atoms with Crippen LogP contribution in [0.15, 0.2) is 48.9 Å². The summed E-state index contributed by atoms with van der Waals surface area (Å²) in [6.07, 6.45) is 5.10. The van der Waals surface area contributed by atoms with Gasteiger partial charge in [-0.25, -0.2) is 33.4 Å². The van der Waals surface area contributed by atoms with Gasteiger partial charge in [-0.1, -0.05) is 0 Å². The number of hydrogen-bond donors (Lipinski definition) is 0. The Hall–Kier alpha value is -4.14. The minimum Gasteiger partial charge on any atom is -0.261 e. The van der Waals surface area contributed by atoms with Gasteiger partial charge in [0.25, 0.3) is 0 Å². The largest absolute Gasteiger partial charge is 0.261 e. The van der Waals surface area contributed by atoms with E-state index >= 15 is 0 Å². The quantitative estimate of drug-likeness (QED) is 0.419. The second-order valence-corrected chi connectivity index (χ2v) is 7.42. The van der Waals surface area contributed by atoms with Crippen LogP contribution in [-0.4, -0.2) is 34.7 Å². The van der Waals surface area contributed by atoms with E-state index in [4.69, 9.17) is 0 Å². The van der Waals surface area contributed by atoms with Crippen LogP contribution in [-0.2, 0) is 0 Å². The minimum absolute atomic E-state index is 0.120. The van der Waals surface area contributed by atoms with Gasteiger partial charge < -0.3 is 0 Å². The monoisotopic (exact) mass is 429 g/mol. The molecule has 0 unspecified atom stereocenters. The molecule has 9 heteroatoms. The molecule has 0 aliphatic carbocycles. The van der Waals surface area contributed by atoms with E-state index in [0.29, 0.717) is 33.9 Å². The Morgan fingerprint density at radius 3 is 2.47 bits per heavy atom. The number of halogens is 2. The summed E-state index contributed by atoms with van der Waals surface area (Å²) in [4.78, 5) is 22.4. The van der Waals surface area contributed by atoms with Gasteiger partial charge in [-0.3, -0.25) is 4.98 Å². The number of rotatable bonds is 3. The molecular weight excluding hydrogens is 412 g/mol. The van der Waals surface area contributed by atoms with E-state index in [1.54, 1.807) is 30.2 Å². The highest BCUT2D eigenvalue weighted by Gasteiger charge is 2.19. The fraction of sp³-hybridized carbons (Fsp3) is 0.130. The number of nitrogens with zero attached hydrogens (tertiary/aromatic N) is 7. The van der Waals surface area contributed by atoms with Gasteiger partial charge >= 0.3 is 0 Å². The molecule has 158 valence electrons. The fourth-order valence-electron chi connectivity index (χ4n) is 3.36.